The first-order chi connectivity index (χ1) is 15.8. The van der Waals surface area contributed by atoms with E-state index in [4.69, 9.17) is 18.0 Å². The van der Waals surface area contributed by atoms with Gasteiger partial charge in [-0.3, -0.25) is 0 Å². The van der Waals surface area contributed by atoms with Crippen molar-refractivity contribution in [2.75, 3.05) is 11.6 Å². The van der Waals surface area contributed by atoms with Crippen LogP contribution in [0.1, 0.15) is 6.23 Å². The van der Waals surface area contributed by atoms with Crippen LogP contribution in [-0.2, 0) is 18.0 Å². The molecule has 0 amide bonds. The van der Waals surface area contributed by atoms with E-state index >= 15 is 0 Å². The van der Waals surface area contributed by atoms with Crippen molar-refractivity contribution in [2.45, 2.75) is 103 Å². The molecule has 1 aliphatic rings. The SMILES string of the molecule is C[Si](C)(C)Nc1ncnc2c1ccn2[C@@H]1O[C@H](CO[Si](C)(C)C)[C@@H](O[Si](C)(C)C)[C@H]1O[Si](C)(C)C. The molecule has 0 saturated carbocycles. The van der Waals surface area contributed by atoms with Crippen molar-refractivity contribution in [1.29, 1.82) is 0 Å². The normalized spacial score (nSPS) is 24.3. The maximum absolute atomic E-state index is 6.81. The number of aromatic nitrogens is 3. The van der Waals surface area contributed by atoms with E-state index in [1.54, 1.807) is 6.33 Å². The zero-order chi connectivity index (χ0) is 26.4. The molecule has 0 spiro atoms. The summed E-state index contributed by atoms with van der Waals surface area (Å²) in [6.07, 6.45) is 2.67. The molecule has 2 aromatic heterocycles. The summed E-state index contributed by atoms with van der Waals surface area (Å²) in [7, 11) is -7.13. The Morgan fingerprint density at radius 1 is 0.857 bits per heavy atom. The second kappa shape index (κ2) is 10.1. The molecule has 0 radical (unpaired) electrons. The number of ether oxygens (including phenoxy) is 1. The summed E-state index contributed by atoms with van der Waals surface area (Å²) < 4.78 is 28.7. The molecule has 4 atom stereocenters. The number of rotatable bonds is 10. The predicted octanol–water partition coefficient (Wildman–Crippen LogP) is 5.87. The molecule has 1 N–H and O–H groups in total. The fourth-order valence-electron chi connectivity index (χ4n) is 4.11. The Morgan fingerprint density at radius 2 is 1.46 bits per heavy atom. The molecule has 35 heavy (non-hydrogen) atoms. The fraction of sp³-hybridized carbons (Fsp3) is 0.739. The first-order valence-corrected chi connectivity index (χ1v) is 26.3. The minimum atomic E-state index is -1.92. The highest BCUT2D eigenvalue weighted by Gasteiger charge is 2.50. The third kappa shape index (κ3) is 8.05. The zero-order valence-corrected chi connectivity index (χ0v) is 27.7. The zero-order valence-electron chi connectivity index (χ0n) is 23.7. The van der Waals surface area contributed by atoms with Crippen molar-refractivity contribution < 1.29 is 18.0 Å². The average Bonchev–Trinajstić information content (AvgIpc) is 3.19. The van der Waals surface area contributed by atoms with Crippen molar-refractivity contribution in [3.05, 3.63) is 18.6 Å². The molecular weight excluding hydrogens is 509 g/mol. The first kappa shape index (κ1) is 28.7. The Kier molecular flexibility index (Phi) is 8.30. The van der Waals surface area contributed by atoms with Gasteiger partial charge in [-0.25, -0.2) is 9.97 Å². The largest absolute Gasteiger partial charge is 0.415 e. The molecule has 0 bridgehead atoms. The Labute approximate surface area is 215 Å². The maximum atomic E-state index is 6.81. The first-order valence-electron chi connectivity index (χ1n) is 12.6. The van der Waals surface area contributed by atoms with Gasteiger partial charge in [0.2, 0.25) is 0 Å². The minimum absolute atomic E-state index is 0.200. The van der Waals surface area contributed by atoms with Crippen LogP contribution in [0.25, 0.3) is 11.0 Å². The van der Waals surface area contributed by atoms with E-state index in [-0.39, 0.29) is 24.5 Å². The lowest BCUT2D eigenvalue weighted by Gasteiger charge is -2.34. The second-order valence-electron chi connectivity index (χ2n) is 13.4. The van der Waals surface area contributed by atoms with Crippen LogP contribution in [0.3, 0.4) is 0 Å². The van der Waals surface area contributed by atoms with Crippen molar-refractivity contribution in [3.8, 4) is 0 Å². The molecule has 1 fully saturated rings. The molecule has 0 aliphatic carbocycles. The van der Waals surface area contributed by atoms with Crippen molar-refractivity contribution in [1.82, 2.24) is 14.5 Å². The van der Waals surface area contributed by atoms with Crippen molar-refractivity contribution in [2.24, 2.45) is 0 Å². The van der Waals surface area contributed by atoms with Crippen LogP contribution in [-0.4, -0.2) is 72.6 Å². The molecule has 0 aromatic carbocycles. The van der Waals surface area contributed by atoms with Gasteiger partial charge in [-0.2, -0.15) is 0 Å². The summed E-state index contributed by atoms with van der Waals surface area (Å²) in [6, 6.07) is 2.08. The van der Waals surface area contributed by atoms with Gasteiger partial charge in [-0.15, -0.1) is 0 Å². The van der Waals surface area contributed by atoms with E-state index in [2.05, 4.69) is 104 Å². The fourth-order valence-corrected chi connectivity index (χ4v) is 7.86. The Hall–Kier alpha value is -0.872. The smallest absolute Gasteiger partial charge is 0.184 e. The molecule has 12 heteroatoms. The molecule has 3 rings (SSSR count). The molecule has 8 nitrogen and oxygen atoms in total. The summed E-state index contributed by atoms with van der Waals surface area (Å²) in [6.45, 7) is 27.2. The number of nitrogens with one attached hydrogen (secondary N) is 1. The van der Waals surface area contributed by atoms with Gasteiger partial charge in [0.25, 0.3) is 0 Å². The van der Waals surface area contributed by atoms with E-state index in [1.807, 2.05) is 6.20 Å². The van der Waals surface area contributed by atoms with Gasteiger partial charge in [-0.05, 0) is 65.0 Å². The minimum Gasteiger partial charge on any atom is -0.415 e. The highest BCUT2D eigenvalue weighted by Crippen LogP contribution is 2.39. The second-order valence-corrected chi connectivity index (χ2v) is 31.6. The lowest BCUT2D eigenvalue weighted by molar-refractivity contribution is -0.0454. The summed E-state index contributed by atoms with van der Waals surface area (Å²) in [5, 5.41) is 0.995. The Balaban J connectivity index is 2.05. The van der Waals surface area contributed by atoms with Gasteiger partial charge in [0.05, 0.1) is 12.0 Å². The van der Waals surface area contributed by atoms with Gasteiger partial charge in [0.1, 0.15) is 44.3 Å². The van der Waals surface area contributed by atoms with Crippen LogP contribution in [0.5, 0.6) is 0 Å². The summed E-state index contributed by atoms with van der Waals surface area (Å²) in [5.41, 5.74) is 0.841. The van der Waals surface area contributed by atoms with Crippen LogP contribution in [0.2, 0.25) is 78.6 Å². The van der Waals surface area contributed by atoms with Gasteiger partial charge < -0.3 is 27.6 Å². The highest BCUT2D eigenvalue weighted by molar-refractivity contribution is 6.79. The number of hydrogen-bond donors (Lipinski definition) is 1. The molecule has 0 unspecified atom stereocenters. The van der Waals surface area contributed by atoms with Crippen LogP contribution in [0, 0.1) is 0 Å². The van der Waals surface area contributed by atoms with Crippen LogP contribution < -0.4 is 4.98 Å². The monoisotopic (exact) mass is 554 g/mol. The summed E-state index contributed by atoms with van der Waals surface area (Å²) >= 11 is 0. The molecule has 1 aliphatic heterocycles. The van der Waals surface area contributed by atoms with Crippen molar-refractivity contribution in [3.63, 3.8) is 0 Å². The van der Waals surface area contributed by atoms with E-state index in [0.717, 1.165) is 16.9 Å². The highest BCUT2D eigenvalue weighted by atomic mass is 28.4. The third-order valence-electron chi connectivity index (χ3n) is 5.22. The van der Waals surface area contributed by atoms with E-state index in [1.165, 1.54) is 0 Å². The van der Waals surface area contributed by atoms with E-state index < -0.39 is 33.2 Å². The number of anilines is 1. The van der Waals surface area contributed by atoms with Crippen LogP contribution >= 0.6 is 0 Å². The molecule has 1 saturated heterocycles. The molecular formula is C23H46N4O4Si4. The Bertz CT molecular complexity index is 1010. The molecule has 3 heterocycles. The lowest BCUT2D eigenvalue weighted by atomic mass is 10.1. The van der Waals surface area contributed by atoms with E-state index in [0.29, 0.717) is 6.61 Å². The lowest BCUT2D eigenvalue weighted by Crippen LogP contribution is -2.48. The quantitative estimate of drug-likeness (QED) is 0.368. The Morgan fingerprint density at radius 3 is 2.00 bits per heavy atom. The molecule has 198 valence electrons. The summed E-state index contributed by atoms with van der Waals surface area (Å²) in [4.78, 5) is 12.8. The predicted molar refractivity (Wildman–Crippen MR) is 154 cm³/mol. The maximum Gasteiger partial charge on any atom is 0.184 e. The van der Waals surface area contributed by atoms with Gasteiger partial charge in [-0.1, -0.05) is 19.6 Å². The van der Waals surface area contributed by atoms with Gasteiger partial charge in [0, 0.05) is 6.20 Å². The van der Waals surface area contributed by atoms with Crippen molar-refractivity contribution >= 4 is 50.0 Å². The topological polar surface area (TPSA) is 79.7 Å². The van der Waals surface area contributed by atoms with Gasteiger partial charge in [0.15, 0.2) is 31.2 Å². The number of fused-ring (bicyclic) bond motifs is 1. The summed E-state index contributed by atoms with van der Waals surface area (Å²) in [5.74, 6) is 0.877. The van der Waals surface area contributed by atoms with Gasteiger partial charge >= 0.3 is 0 Å². The number of hydrogen-bond acceptors (Lipinski definition) is 7. The van der Waals surface area contributed by atoms with Crippen LogP contribution in [0.15, 0.2) is 18.6 Å². The number of nitrogens with zero attached hydrogens (tertiary/aromatic N) is 3. The molecule has 2 aromatic rings. The standard InChI is InChI=1S/C23H46N4O4Si4/c1-32(2,3)26-21-17-13-14-27(22(17)25-16-24-21)23-20(31-35(10,11)12)19(30-34(7,8)9)18(29-23)15-28-33(4,5)6/h13-14,16,18-20,23H,15H2,1-12H3,(H,24,25,26)/t18-,19-,20-,23-/m1/s1. The average molecular weight is 555 g/mol. The van der Waals surface area contributed by atoms with Crippen LogP contribution in [0.4, 0.5) is 5.82 Å². The van der Waals surface area contributed by atoms with E-state index in [9.17, 15) is 0 Å². The third-order valence-corrected chi connectivity index (χ3v) is 9.20.